The monoisotopic (exact) mass is 301 g/mol. The molecule has 1 fully saturated rings. The van der Waals surface area contributed by atoms with Gasteiger partial charge in [0.1, 0.15) is 0 Å². The summed E-state index contributed by atoms with van der Waals surface area (Å²) in [4.78, 5) is 14.9. The van der Waals surface area contributed by atoms with Crippen molar-refractivity contribution in [1.29, 1.82) is 0 Å². The number of hydrogen-bond acceptors (Lipinski definition) is 4. The summed E-state index contributed by atoms with van der Waals surface area (Å²) in [6.07, 6.45) is 2.18. The second kappa shape index (κ2) is 5.87. The molecule has 2 aromatic rings. The molecule has 5 heteroatoms. The van der Waals surface area contributed by atoms with Crippen LogP contribution in [0.15, 0.2) is 35.0 Å². The summed E-state index contributed by atoms with van der Waals surface area (Å²) in [7, 11) is 0. The number of rotatable bonds is 5. The van der Waals surface area contributed by atoms with Gasteiger partial charge in [0, 0.05) is 12.6 Å². The smallest absolute Gasteiger partial charge is 0.256 e. The van der Waals surface area contributed by atoms with Crippen molar-refractivity contribution < 1.29 is 4.79 Å². The first kappa shape index (κ1) is 14.1. The van der Waals surface area contributed by atoms with Crippen LogP contribution in [0.2, 0.25) is 0 Å². The Morgan fingerprint density at radius 1 is 1.43 bits per heavy atom. The number of hydrazine groups is 1. The van der Waals surface area contributed by atoms with Crippen molar-refractivity contribution in [1.82, 2.24) is 4.90 Å². The Morgan fingerprint density at radius 2 is 2.24 bits per heavy atom. The van der Waals surface area contributed by atoms with Crippen LogP contribution in [0.1, 0.15) is 34.3 Å². The Morgan fingerprint density at radius 3 is 2.86 bits per heavy atom. The normalized spacial score (nSPS) is 14.0. The van der Waals surface area contributed by atoms with Gasteiger partial charge in [0.25, 0.3) is 5.91 Å². The standard InChI is InChI=1S/C16H19N3OS/c1-11-2-5-15(18-17)14(8-11)16(20)19(13-3-4-13)9-12-6-7-21-10-12/h2,5-8,10,13,18H,3-4,9,17H2,1H3. The lowest BCUT2D eigenvalue weighted by Gasteiger charge is -2.23. The summed E-state index contributed by atoms with van der Waals surface area (Å²) in [5.74, 6) is 5.60. The van der Waals surface area contributed by atoms with Gasteiger partial charge in [0.2, 0.25) is 0 Å². The number of nitrogen functional groups attached to an aromatic ring is 1. The third-order valence-corrected chi connectivity index (χ3v) is 4.47. The number of nitrogens with zero attached hydrogens (tertiary/aromatic N) is 1. The van der Waals surface area contributed by atoms with Gasteiger partial charge in [-0.3, -0.25) is 10.6 Å². The fraction of sp³-hybridized carbons (Fsp3) is 0.312. The van der Waals surface area contributed by atoms with Crippen LogP contribution >= 0.6 is 11.3 Å². The largest absolute Gasteiger partial charge is 0.331 e. The molecule has 0 saturated heterocycles. The lowest BCUT2D eigenvalue weighted by Crippen LogP contribution is -2.33. The second-order valence-electron chi connectivity index (χ2n) is 5.49. The minimum absolute atomic E-state index is 0.0559. The molecule has 0 atom stereocenters. The Hall–Kier alpha value is -1.85. The molecule has 0 bridgehead atoms. The summed E-state index contributed by atoms with van der Waals surface area (Å²) in [5.41, 5.74) is 6.21. The van der Waals surface area contributed by atoms with Crippen molar-refractivity contribution in [3.05, 3.63) is 51.7 Å². The first-order valence-corrected chi connectivity index (χ1v) is 8.02. The first-order chi connectivity index (χ1) is 10.2. The molecular weight excluding hydrogens is 282 g/mol. The molecule has 1 amide bonds. The number of aryl methyl sites for hydroxylation is 1. The number of carbonyl (C=O) groups excluding carboxylic acids is 1. The van der Waals surface area contributed by atoms with E-state index in [4.69, 9.17) is 5.84 Å². The maximum absolute atomic E-state index is 12.9. The van der Waals surface area contributed by atoms with Crippen molar-refractivity contribution in [3.63, 3.8) is 0 Å². The topological polar surface area (TPSA) is 58.4 Å². The molecule has 0 spiro atoms. The molecule has 0 unspecified atom stereocenters. The third kappa shape index (κ3) is 3.09. The highest BCUT2D eigenvalue weighted by molar-refractivity contribution is 7.07. The van der Waals surface area contributed by atoms with Gasteiger partial charge in [-0.2, -0.15) is 11.3 Å². The number of benzene rings is 1. The van der Waals surface area contributed by atoms with Crippen LogP contribution in [0.5, 0.6) is 0 Å². The van der Waals surface area contributed by atoms with E-state index in [9.17, 15) is 4.79 Å². The number of thiophene rings is 1. The maximum atomic E-state index is 12.9. The minimum Gasteiger partial charge on any atom is -0.331 e. The lowest BCUT2D eigenvalue weighted by atomic mass is 10.1. The molecule has 0 radical (unpaired) electrons. The van der Waals surface area contributed by atoms with Gasteiger partial charge >= 0.3 is 0 Å². The van der Waals surface area contributed by atoms with Crippen molar-refractivity contribution in [2.24, 2.45) is 5.84 Å². The number of nitrogens with two attached hydrogens (primary N) is 1. The van der Waals surface area contributed by atoms with E-state index in [1.54, 1.807) is 11.3 Å². The van der Waals surface area contributed by atoms with E-state index in [0.29, 0.717) is 23.8 Å². The lowest BCUT2D eigenvalue weighted by molar-refractivity contribution is 0.0731. The van der Waals surface area contributed by atoms with E-state index in [0.717, 1.165) is 18.4 Å². The zero-order valence-corrected chi connectivity index (χ0v) is 12.8. The molecule has 3 N–H and O–H groups in total. The van der Waals surface area contributed by atoms with Crippen LogP contribution in [0, 0.1) is 6.92 Å². The predicted octanol–water partition coefficient (Wildman–Crippen LogP) is 3.15. The average molecular weight is 301 g/mol. The van der Waals surface area contributed by atoms with Gasteiger partial charge < -0.3 is 10.3 Å². The fourth-order valence-electron chi connectivity index (χ4n) is 2.45. The van der Waals surface area contributed by atoms with Gasteiger partial charge in [-0.25, -0.2) is 0 Å². The van der Waals surface area contributed by atoms with Crippen LogP contribution in [0.25, 0.3) is 0 Å². The zero-order valence-electron chi connectivity index (χ0n) is 12.0. The highest BCUT2D eigenvalue weighted by Gasteiger charge is 2.33. The molecule has 0 aliphatic heterocycles. The number of carbonyl (C=O) groups is 1. The van der Waals surface area contributed by atoms with E-state index < -0.39 is 0 Å². The molecule has 4 nitrogen and oxygen atoms in total. The first-order valence-electron chi connectivity index (χ1n) is 7.08. The van der Waals surface area contributed by atoms with E-state index in [1.807, 2.05) is 35.4 Å². The summed E-state index contributed by atoms with van der Waals surface area (Å²) >= 11 is 1.66. The molecule has 1 aliphatic carbocycles. The fourth-order valence-corrected chi connectivity index (χ4v) is 3.11. The van der Waals surface area contributed by atoms with Gasteiger partial charge in [-0.15, -0.1) is 0 Å². The Balaban J connectivity index is 1.89. The molecule has 110 valence electrons. The van der Waals surface area contributed by atoms with Crippen LogP contribution in [0.3, 0.4) is 0 Å². The number of hydrogen-bond donors (Lipinski definition) is 2. The Bertz CT molecular complexity index is 635. The van der Waals surface area contributed by atoms with E-state index in [1.165, 1.54) is 5.56 Å². The van der Waals surface area contributed by atoms with Crippen LogP contribution in [-0.4, -0.2) is 16.8 Å². The summed E-state index contributed by atoms with van der Waals surface area (Å²) < 4.78 is 0. The zero-order chi connectivity index (χ0) is 14.8. The van der Waals surface area contributed by atoms with E-state index in [-0.39, 0.29) is 5.91 Å². The highest BCUT2D eigenvalue weighted by atomic mass is 32.1. The molecule has 1 aromatic heterocycles. The Kier molecular flexibility index (Phi) is 3.94. The molecule has 1 saturated carbocycles. The number of nitrogens with one attached hydrogen (secondary N) is 1. The van der Waals surface area contributed by atoms with Crippen LogP contribution in [-0.2, 0) is 6.54 Å². The van der Waals surface area contributed by atoms with Gasteiger partial charge in [0.15, 0.2) is 0 Å². The molecule has 3 rings (SSSR count). The quantitative estimate of drug-likeness (QED) is 0.659. The van der Waals surface area contributed by atoms with Gasteiger partial charge in [-0.1, -0.05) is 11.6 Å². The van der Waals surface area contributed by atoms with E-state index in [2.05, 4.69) is 16.9 Å². The average Bonchev–Trinajstić information content (AvgIpc) is 3.20. The number of anilines is 1. The molecule has 1 aliphatic rings. The van der Waals surface area contributed by atoms with Crippen molar-refractivity contribution >= 4 is 22.9 Å². The van der Waals surface area contributed by atoms with Gasteiger partial charge in [0.05, 0.1) is 11.3 Å². The van der Waals surface area contributed by atoms with Crippen molar-refractivity contribution in [2.45, 2.75) is 32.4 Å². The third-order valence-electron chi connectivity index (χ3n) is 3.74. The Labute approximate surface area is 128 Å². The van der Waals surface area contributed by atoms with Crippen LogP contribution < -0.4 is 11.3 Å². The maximum Gasteiger partial charge on any atom is 0.256 e. The summed E-state index contributed by atoms with van der Waals surface area (Å²) in [5, 5.41) is 4.14. The predicted molar refractivity (Wildman–Crippen MR) is 86.2 cm³/mol. The van der Waals surface area contributed by atoms with Crippen molar-refractivity contribution in [3.8, 4) is 0 Å². The SMILES string of the molecule is Cc1ccc(NN)c(C(=O)N(Cc2ccsc2)C2CC2)c1. The number of amides is 1. The summed E-state index contributed by atoms with van der Waals surface area (Å²) in [6, 6.07) is 8.15. The van der Waals surface area contributed by atoms with Crippen LogP contribution in [0.4, 0.5) is 5.69 Å². The van der Waals surface area contributed by atoms with E-state index >= 15 is 0 Å². The molecule has 1 heterocycles. The molecule has 1 aromatic carbocycles. The van der Waals surface area contributed by atoms with Gasteiger partial charge in [-0.05, 0) is 54.3 Å². The highest BCUT2D eigenvalue weighted by Crippen LogP contribution is 2.31. The minimum atomic E-state index is 0.0559. The molecule has 21 heavy (non-hydrogen) atoms. The summed E-state index contributed by atoms with van der Waals surface area (Å²) in [6.45, 7) is 2.66. The second-order valence-corrected chi connectivity index (χ2v) is 6.27. The van der Waals surface area contributed by atoms with Crippen molar-refractivity contribution in [2.75, 3.05) is 5.43 Å². The molecular formula is C16H19N3OS.